The molecule has 9 heteroatoms. The van der Waals surface area contributed by atoms with Crippen LogP contribution in [-0.4, -0.2) is 28.7 Å². The van der Waals surface area contributed by atoms with Gasteiger partial charge in [-0.2, -0.15) is 13.2 Å². The van der Waals surface area contributed by atoms with E-state index in [1.165, 1.54) is 7.05 Å². The predicted octanol–water partition coefficient (Wildman–Crippen LogP) is 0.627. The number of nitrogens with one attached hydrogen (secondary N) is 2. The minimum atomic E-state index is -4.68. The number of aromatic amines is 1. The first kappa shape index (κ1) is 13.6. The summed E-state index contributed by atoms with van der Waals surface area (Å²) in [6.07, 6.45) is -4.68. The Labute approximate surface area is 97.8 Å². The van der Waals surface area contributed by atoms with Crippen molar-refractivity contribution in [1.29, 1.82) is 0 Å². The summed E-state index contributed by atoms with van der Waals surface area (Å²) in [5, 5.41) is 2.05. The van der Waals surface area contributed by atoms with E-state index in [0.29, 0.717) is 6.07 Å². The van der Waals surface area contributed by atoms with E-state index in [-0.39, 0.29) is 16.8 Å². The smallest absolute Gasteiger partial charge is 0.358 e. The number of carbonyl (C=O) groups excluding carboxylic acids is 1. The van der Waals surface area contributed by atoms with Crippen LogP contribution < -0.4 is 10.9 Å². The van der Waals surface area contributed by atoms with E-state index in [0.717, 1.165) is 11.8 Å². The van der Waals surface area contributed by atoms with Gasteiger partial charge < -0.3 is 10.3 Å². The van der Waals surface area contributed by atoms with Crippen molar-refractivity contribution in [3.05, 3.63) is 22.1 Å². The second-order valence-electron chi connectivity index (χ2n) is 2.90. The third-order valence-corrected chi connectivity index (χ3v) is 2.50. The van der Waals surface area contributed by atoms with Crippen molar-refractivity contribution in [2.45, 2.75) is 11.3 Å². The molecule has 0 unspecified atom stereocenters. The lowest BCUT2D eigenvalue weighted by Gasteiger charge is -2.06. The van der Waals surface area contributed by atoms with Crippen molar-refractivity contribution in [3.8, 4) is 0 Å². The van der Waals surface area contributed by atoms with E-state index in [2.05, 4.69) is 15.3 Å². The van der Waals surface area contributed by atoms with E-state index in [1.807, 2.05) is 0 Å². The number of alkyl halides is 3. The third kappa shape index (κ3) is 4.10. The number of nitrogens with zero attached hydrogens (tertiary/aromatic N) is 1. The highest BCUT2D eigenvalue weighted by Gasteiger charge is 2.33. The number of hydrogen-bond acceptors (Lipinski definition) is 4. The average molecular weight is 267 g/mol. The average Bonchev–Trinajstić information content (AvgIpc) is 2.24. The highest BCUT2D eigenvalue weighted by Crippen LogP contribution is 2.27. The van der Waals surface area contributed by atoms with Crippen LogP contribution in [0.2, 0.25) is 0 Å². The quantitative estimate of drug-likeness (QED) is 0.622. The summed E-state index contributed by atoms with van der Waals surface area (Å²) in [6.45, 7) is 0. The molecule has 1 rings (SSSR count). The number of H-pyrrole nitrogens is 1. The van der Waals surface area contributed by atoms with Gasteiger partial charge in [-0.15, -0.1) is 0 Å². The van der Waals surface area contributed by atoms with Crippen LogP contribution in [0.4, 0.5) is 13.2 Å². The summed E-state index contributed by atoms with van der Waals surface area (Å²) >= 11 is 0.719. The maximum atomic E-state index is 12.3. The molecule has 1 amide bonds. The summed E-state index contributed by atoms with van der Waals surface area (Å²) < 4.78 is 36.9. The van der Waals surface area contributed by atoms with Crippen LogP contribution in [-0.2, 0) is 11.0 Å². The van der Waals surface area contributed by atoms with Gasteiger partial charge in [0.15, 0.2) is 10.9 Å². The molecule has 2 N–H and O–H groups in total. The first-order valence-corrected chi connectivity index (χ1v) is 5.33. The maximum absolute atomic E-state index is 12.3. The van der Waals surface area contributed by atoms with Crippen LogP contribution in [0.25, 0.3) is 0 Å². The molecule has 5 nitrogen and oxygen atoms in total. The summed E-state index contributed by atoms with van der Waals surface area (Å²) in [7, 11) is 1.39. The molecular formula is C8H8F3N3O2S. The first-order chi connectivity index (χ1) is 7.82. The molecule has 0 bridgehead atoms. The van der Waals surface area contributed by atoms with E-state index < -0.39 is 17.4 Å². The van der Waals surface area contributed by atoms with Gasteiger partial charge in [-0.05, 0) is 0 Å². The SMILES string of the molecule is CNC(=O)CSc1nc(C(F)(F)F)cc(=O)[nH]1. The molecule has 0 fully saturated rings. The van der Waals surface area contributed by atoms with Crippen LogP contribution >= 0.6 is 11.8 Å². The van der Waals surface area contributed by atoms with Crippen molar-refractivity contribution in [2.75, 3.05) is 12.8 Å². The molecule has 1 aromatic heterocycles. The molecule has 0 aliphatic heterocycles. The Bertz CT molecular complexity index is 472. The minimum absolute atomic E-state index is 0.124. The van der Waals surface area contributed by atoms with Gasteiger partial charge in [0.05, 0.1) is 5.75 Å². The highest BCUT2D eigenvalue weighted by molar-refractivity contribution is 7.99. The Morgan fingerprint density at radius 1 is 1.59 bits per heavy atom. The van der Waals surface area contributed by atoms with Gasteiger partial charge in [0.25, 0.3) is 5.56 Å². The topological polar surface area (TPSA) is 74.8 Å². The second kappa shape index (κ2) is 5.21. The second-order valence-corrected chi connectivity index (χ2v) is 3.86. The van der Waals surface area contributed by atoms with Gasteiger partial charge in [0.2, 0.25) is 5.91 Å². The number of amides is 1. The molecule has 1 aromatic rings. The molecule has 0 radical (unpaired) electrons. The lowest BCUT2D eigenvalue weighted by molar-refractivity contribution is -0.141. The number of carbonyl (C=O) groups is 1. The molecule has 0 aliphatic rings. The van der Waals surface area contributed by atoms with Crippen molar-refractivity contribution in [1.82, 2.24) is 15.3 Å². The fourth-order valence-electron chi connectivity index (χ4n) is 0.855. The van der Waals surface area contributed by atoms with Gasteiger partial charge in [0.1, 0.15) is 0 Å². The zero-order valence-corrected chi connectivity index (χ0v) is 9.41. The molecule has 94 valence electrons. The van der Waals surface area contributed by atoms with Crippen LogP contribution in [0.15, 0.2) is 16.0 Å². The Morgan fingerprint density at radius 2 is 2.24 bits per heavy atom. The zero-order valence-electron chi connectivity index (χ0n) is 8.59. The third-order valence-electron chi connectivity index (χ3n) is 1.63. The monoisotopic (exact) mass is 267 g/mol. The van der Waals surface area contributed by atoms with E-state index in [1.54, 1.807) is 0 Å². The van der Waals surface area contributed by atoms with Gasteiger partial charge in [-0.3, -0.25) is 9.59 Å². The Balaban J connectivity index is 2.91. The summed E-state index contributed by atoms with van der Waals surface area (Å²) in [5.41, 5.74) is -2.19. The first-order valence-electron chi connectivity index (χ1n) is 4.35. The van der Waals surface area contributed by atoms with Crippen molar-refractivity contribution < 1.29 is 18.0 Å². The van der Waals surface area contributed by atoms with E-state index in [9.17, 15) is 22.8 Å². The van der Waals surface area contributed by atoms with Crippen LogP contribution in [0, 0.1) is 0 Å². The van der Waals surface area contributed by atoms with Crippen LogP contribution in [0.3, 0.4) is 0 Å². The van der Waals surface area contributed by atoms with E-state index >= 15 is 0 Å². The Hall–Kier alpha value is -1.51. The zero-order chi connectivity index (χ0) is 13.1. The number of halogens is 3. The molecule has 0 aromatic carbocycles. The van der Waals surface area contributed by atoms with Gasteiger partial charge in [-0.25, -0.2) is 4.98 Å². The van der Waals surface area contributed by atoms with Crippen LogP contribution in [0.1, 0.15) is 5.69 Å². The van der Waals surface area contributed by atoms with Crippen LogP contribution in [0.5, 0.6) is 0 Å². The molecule has 17 heavy (non-hydrogen) atoms. The summed E-state index contributed by atoms with van der Waals surface area (Å²) in [4.78, 5) is 27.2. The fourth-order valence-corrected chi connectivity index (χ4v) is 1.60. The highest BCUT2D eigenvalue weighted by atomic mass is 32.2. The van der Waals surface area contributed by atoms with Crippen molar-refractivity contribution in [2.24, 2.45) is 0 Å². The van der Waals surface area contributed by atoms with Crippen molar-refractivity contribution in [3.63, 3.8) is 0 Å². The summed E-state index contributed by atoms with van der Waals surface area (Å²) in [6, 6.07) is 0.365. The summed E-state index contributed by atoms with van der Waals surface area (Å²) in [5.74, 6) is -0.504. The molecule has 0 atom stereocenters. The fraction of sp³-hybridized carbons (Fsp3) is 0.375. The van der Waals surface area contributed by atoms with E-state index in [4.69, 9.17) is 0 Å². The lowest BCUT2D eigenvalue weighted by Crippen LogP contribution is -2.21. The lowest BCUT2D eigenvalue weighted by atomic mass is 10.4. The standard InChI is InChI=1S/C8H8F3N3O2S/c1-12-6(16)3-17-7-13-4(8(9,10)11)2-5(15)14-7/h2H,3H2,1H3,(H,12,16)(H,13,14,15). The predicted molar refractivity (Wildman–Crippen MR) is 54.7 cm³/mol. The van der Waals surface area contributed by atoms with Crippen molar-refractivity contribution >= 4 is 17.7 Å². The molecule has 1 heterocycles. The maximum Gasteiger partial charge on any atom is 0.433 e. The molecule has 0 aliphatic carbocycles. The number of hydrogen-bond donors (Lipinski definition) is 2. The molecule has 0 saturated carbocycles. The number of aromatic nitrogens is 2. The largest absolute Gasteiger partial charge is 0.433 e. The van der Waals surface area contributed by atoms with Gasteiger partial charge in [0, 0.05) is 13.1 Å². The number of rotatable bonds is 3. The minimum Gasteiger partial charge on any atom is -0.358 e. The van der Waals surface area contributed by atoms with Gasteiger partial charge in [-0.1, -0.05) is 11.8 Å². The Morgan fingerprint density at radius 3 is 2.76 bits per heavy atom. The normalized spacial score (nSPS) is 11.3. The number of thioether (sulfide) groups is 1. The molecule has 0 saturated heterocycles. The molecular weight excluding hydrogens is 259 g/mol. The Kier molecular flexibility index (Phi) is 4.16. The van der Waals surface area contributed by atoms with Gasteiger partial charge >= 0.3 is 6.18 Å². The molecule has 0 spiro atoms.